The second-order valence-electron chi connectivity index (χ2n) is 3.94. The molecule has 0 bridgehead atoms. The van der Waals surface area contributed by atoms with Crippen molar-refractivity contribution >= 4 is 5.78 Å². The van der Waals surface area contributed by atoms with Crippen LogP contribution in [0, 0.1) is 0 Å². The van der Waals surface area contributed by atoms with Gasteiger partial charge in [-0.05, 0) is 37.0 Å². The van der Waals surface area contributed by atoms with Crippen molar-refractivity contribution in [1.82, 2.24) is 0 Å². The van der Waals surface area contributed by atoms with E-state index in [2.05, 4.69) is 6.92 Å². The molecule has 0 saturated carbocycles. The Kier molecular flexibility index (Phi) is 3.05. The third-order valence-corrected chi connectivity index (χ3v) is 2.70. The molecule has 0 heterocycles. The fraction of sp³-hybridized carbons (Fsp3) is 0.462. The molecule has 0 amide bonds. The first kappa shape index (κ1) is 10.2. The highest BCUT2D eigenvalue weighted by molar-refractivity contribution is 5.98. The Balaban J connectivity index is 2.23. The molecule has 1 aliphatic carbocycles. The normalized spacial score (nSPS) is 14.9. The number of Topliss-reactive ketones (excluding diaryl/α,β-unsaturated/α-hetero) is 1. The minimum atomic E-state index is 0.262. The van der Waals surface area contributed by atoms with Crippen LogP contribution in [0.3, 0.4) is 0 Å². The molecule has 80 valence electrons. The van der Waals surface area contributed by atoms with Crippen molar-refractivity contribution in [2.45, 2.75) is 32.6 Å². The van der Waals surface area contributed by atoms with E-state index in [1.165, 1.54) is 5.56 Å². The molecule has 0 fully saturated rings. The van der Waals surface area contributed by atoms with Crippen LogP contribution in [-0.2, 0) is 6.42 Å². The maximum atomic E-state index is 11.7. The zero-order valence-corrected chi connectivity index (χ0v) is 9.08. The van der Waals surface area contributed by atoms with Gasteiger partial charge in [0.05, 0.1) is 6.61 Å². The van der Waals surface area contributed by atoms with Crippen LogP contribution in [0.2, 0.25) is 0 Å². The van der Waals surface area contributed by atoms with Crippen LogP contribution >= 0.6 is 0 Å². The lowest BCUT2D eigenvalue weighted by atomic mass is 9.90. The number of hydrogen-bond donors (Lipinski definition) is 0. The lowest BCUT2D eigenvalue weighted by Gasteiger charge is -2.15. The Hall–Kier alpha value is -1.31. The van der Waals surface area contributed by atoms with Gasteiger partial charge in [-0.1, -0.05) is 13.0 Å². The van der Waals surface area contributed by atoms with Crippen molar-refractivity contribution in [3.8, 4) is 5.75 Å². The molecule has 0 spiro atoms. The van der Waals surface area contributed by atoms with E-state index in [0.717, 1.165) is 30.6 Å². The lowest BCUT2D eigenvalue weighted by Crippen LogP contribution is -2.10. The van der Waals surface area contributed by atoms with E-state index in [1.807, 2.05) is 18.2 Å². The molecule has 2 nitrogen and oxygen atoms in total. The van der Waals surface area contributed by atoms with E-state index >= 15 is 0 Å². The molecular weight excluding hydrogens is 188 g/mol. The van der Waals surface area contributed by atoms with Gasteiger partial charge in [0, 0.05) is 12.0 Å². The average molecular weight is 204 g/mol. The fourth-order valence-electron chi connectivity index (χ4n) is 1.92. The Morgan fingerprint density at radius 3 is 3.00 bits per heavy atom. The molecule has 0 atom stereocenters. The first-order valence-electron chi connectivity index (χ1n) is 5.60. The smallest absolute Gasteiger partial charge is 0.163 e. The van der Waals surface area contributed by atoms with Gasteiger partial charge in [0.1, 0.15) is 5.75 Å². The van der Waals surface area contributed by atoms with Gasteiger partial charge in [0.25, 0.3) is 0 Å². The minimum Gasteiger partial charge on any atom is -0.494 e. The second-order valence-corrected chi connectivity index (χ2v) is 3.94. The highest BCUT2D eigenvalue weighted by Gasteiger charge is 2.17. The van der Waals surface area contributed by atoms with Crippen molar-refractivity contribution in [1.29, 1.82) is 0 Å². The highest BCUT2D eigenvalue weighted by atomic mass is 16.5. The molecule has 2 rings (SSSR count). The summed E-state index contributed by atoms with van der Waals surface area (Å²) in [6.45, 7) is 2.79. The molecule has 1 aromatic rings. The van der Waals surface area contributed by atoms with Gasteiger partial charge in [-0.25, -0.2) is 0 Å². The Morgan fingerprint density at radius 1 is 1.33 bits per heavy atom. The van der Waals surface area contributed by atoms with Crippen LogP contribution < -0.4 is 4.74 Å². The summed E-state index contributed by atoms with van der Waals surface area (Å²) in [7, 11) is 0. The van der Waals surface area contributed by atoms with Crippen LogP contribution in [0.5, 0.6) is 5.75 Å². The molecule has 2 heteroatoms. The zero-order chi connectivity index (χ0) is 10.7. The number of aryl methyl sites for hydroxylation is 1. The number of ether oxygens (including phenoxy) is 1. The zero-order valence-electron chi connectivity index (χ0n) is 9.08. The number of rotatable bonds is 3. The first-order chi connectivity index (χ1) is 7.31. The quantitative estimate of drug-likeness (QED) is 0.756. The van der Waals surface area contributed by atoms with Crippen molar-refractivity contribution in [3.05, 3.63) is 29.3 Å². The average Bonchev–Trinajstić information content (AvgIpc) is 2.27. The maximum absolute atomic E-state index is 11.7. The van der Waals surface area contributed by atoms with Gasteiger partial charge in [-0.15, -0.1) is 0 Å². The summed E-state index contributed by atoms with van der Waals surface area (Å²) >= 11 is 0. The standard InChI is InChI=1S/C13H16O2/c1-2-8-15-11-7-6-10-4-3-5-13(14)12(10)9-11/h6-7,9H,2-5,8H2,1H3. The predicted molar refractivity (Wildman–Crippen MR) is 59.5 cm³/mol. The molecule has 1 aliphatic rings. The summed E-state index contributed by atoms with van der Waals surface area (Å²) in [4.78, 5) is 11.7. The molecule has 0 saturated heterocycles. The predicted octanol–water partition coefficient (Wildman–Crippen LogP) is 2.99. The van der Waals surface area contributed by atoms with E-state index in [1.54, 1.807) is 0 Å². The summed E-state index contributed by atoms with van der Waals surface area (Å²) in [5, 5.41) is 0. The van der Waals surface area contributed by atoms with Crippen LogP contribution in [0.25, 0.3) is 0 Å². The molecule has 0 radical (unpaired) electrons. The summed E-state index contributed by atoms with van der Waals surface area (Å²) in [6, 6.07) is 5.89. The molecule has 0 aliphatic heterocycles. The van der Waals surface area contributed by atoms with Crippen molar-refractivity contribution in [3.63, 3.8) is 0 Å². The summed E-state index contributed by atoms with van der Waals surface area (Å²) in [6.07, 6.45) is 3.69. The number of carbonyl (C=O) groups is 1. The molecule has 15 heavy (non-hydrogen) atoms. The number of fused-ring (bicyclic) bond motifs is 1. The van der Waals surface area contributed by atoms with Gasteiger partial charge >= 0.3 is 0 Å². The number of hydrogen-bond acceptors (Lipinski definition) is 2. The van der Waals surface area contributed by atoms with Crippen LogP contribution in [0.1, 0.15) is 42.1 Å². The Morgan fingerprint density at radius 2 is 2.20 bits per heavy atom. The number of ketones is 1. The van der Waals surface area contributed by atoms with E-state index < -0.39 is 0 Å². The summed E-state index contributed by atoms with van der Waals surface area (Å²) in [5.74, 6) is 1.09. The van der Waals surface area contributed by atoms with E-state index in [9.17, 15) is 4.79 Å². The van der Waals surface area contributed by atoms with Crippen molar-refractivity contribution < 1.29 is 9.53 Å². The SMILES string of the molecule is CCCOc1ccc2c(c1)C(=O)CCC2. The molecule has 0 aromatic heterocycles. The van der Waals surface area contributed by atoms with E-state index in [4.69, 9.17) is 4.74 Å². The van der Waals surface area contributed by atoms with Crippen molar-refractivity contribution in [2.24, 2.45) is 0 Å². The third kappa shape index (κ3) is 2.20. The Labute approximate surface area is 90.3 Å². The second kappa shape index (κ2) is 4.47. The van der Waals surface area contributed by atoms with Gasteiger partial charge in [-0.3, -0.25) is 4.79 Å². The number of benzene rings is 1. The molecule has 1 aromatic carbocycles. The lowest BCUT2D eigenvalue weighted by molar-refractivity contribution is 0.0972. The van der Waals surface area contributed by atoms with Crippen molar-refractivity contribution in [2.75, 3.05) is 6.61 Å². The largest absolute Gasteiger partial charge is 0.494 e. The molecule has 0 unspecified atom stereocenters. The van der Waals surface area contributed by atoms with Gasteiger partial charge in [-0.2, -0.15) is 0 Å². The summed E-state index contributed by atoms with van der Waals surface area (Å²) in [5.41, 5.74) is 2.05. The monoisotopic (exact) mass is 204 g/mol. The number of carbonyl (C=O) groups excluding carboxylic acids is 1. The first-order valence-corrected chi connectivity index (χ1v) is 5.60. The topological polar surface area (TPSA) is 26.3 Å². The van der Waals surface area contributed by atoms with Crippen LogP contribution in [0.4, 0.5) is 0 Å². The Bertz CT molecular complexity index is 369. The van der Waals surface area contributed by atoms with Gasteiger partial charge in [0.15, 0.2) is 5.78 Å². The third-order valence-electron chi connectivity index (χ3n) is 2.70. The molecule has 0 N–H and O–H groups in total. The summed E-state index contributed by atoms with van der Waals surface area (Å²) < 4.78 is 5.52. The minimum absolute atomic E-state index is 0.262. The van der Waals surface area contributed by atoms with E-state index in [0.29, 0.717) is 13.0 Å². The van der Waals surface area contributed by atoms with Crippen LogP contribution in [0.15, 0.2) is 18.2 Å². The highest BCUT2D eigenvalue weighted by Crippen LogP contribution is 2.25. The van der Waals surface area contributed by atoms with Gasteiger partial charge < -0.3 is 4.74 Å². The van der Waals surface area contributed by atoms with Crippen LogP contribution in [-0.4, -0.2) is 12.4 Å². The maximum Gasteiger partial charge on any atom is 0.163 e. The fourth-order valence-corrected chi connectivity index (χ4v) is 1.92. The van der Waals surface area contributed by atoms with E-state index in [-0.39, 0.29) is 5.78 Å². The van der Waals surface area contributed by atoms with Gasteiger partial charge in [0.2, 0.25) is 0 Å². The molecular formula is C13H16O2.